The van der Waals surface area contributed by atoms with E-state index in [9.17, 15) is 4.79 Å². The third-order valence-corrected chi connectivity index (χ3v) is 3.12. The number of anilines is 1. The van der Waals surface area contributed by atoms with E-state index in [0.29, 0.717) is 23.6 Å². The highest BCUT2D eigenvalue weighted by Crippen LogP contribution is 2.20. The second-order valence-electron chi connectivity index (χ2n) is 4.73. The Labute approximate surface area is 124 Å². The molecule has 1 amide bonds. The van der Waals surface area contributed by atoms with Crippen molar-refractivity contribution < 1.29 is 14.6 Å². The van der Waals surface area contributed by atoms with Crippen LogP contribution in [0.5, 0.6) is 5.75 Å². The van der Waals surface area contributed by atoms with Gasteiger partial charge in [0.25, 0.3) is 5.91 Å². The summed E-state index contributed by atoms with van der Waals surface area (Å²) in [4.78, 5) is 12.3. The number of aryl methyl sites for hydroxylation is 1. The SMILES string of the molecule is CCOc1cc(C(=O)Nc2cccc(CO)c2)ccc1C. The van der Waals surface area contributed by atoms with Gasteiger partial charge in [-0.25, -0.2) is 0 Å². The summed E-state index contributed by atoms with van der Waals surface area (Å²) in [6.45, 7) is 4.36. The summed E-state index contributed by atoms with van der Waals surface area (Å²) in [5.41, 5.74) is 2.95. The van der Waals surface area contributed by atoms with E-state index in [1.54, 1.807) is 36.4 Å². The van der Waals surface area contributed by atoms with Gasteiger partial charge in [-0.1, -0.05) is 18.2 Å². The molecule has 0 bridgehead atoms. The molecule has 0 saturated heterocycles. The Morgan fingerprint density at radius 2 is 2.05 bits per heavy atom. The van der Waals surface area contributed by atoms with Crippen molar-refractivity contribution in [2.24, 2.45) is 0 Å². The van der Waals surface area contributed by atoms with Crippen molar-refractivity contribution in [1.82, 2.24) is 0 Å². The molecule has 21 heavy (non-hydrogen) atoms. The van der Waals surface area contributed by atoms with E-state index in [0.717, 1.165) is 11.1 Å². The lowest BCUT2D eigenvalue weighted by Gasteiger charge is -2.10. The number of benzene rings is 2. The van der Waals surface area contributed by atoms with Gasteiger partial charge in [0, 0.05) is 11.3 Å². The molecule has 2 N–H and O–H groups in total. The number of hydrogen-bond acceptors (Lipinski definition) is 3. The number of nitrogens with one attached hydrogen (secondary N) is 1. The van der Waals surface area contributed by atoms with Gasteiger partial charge < -0.3 is 15.2 Å². The molecule has 0 atom stereocenters. The van der Waals surface area contributed by atoms with Gasteiger partial charge in [0.2, 0.25) is 0 Å². The van der Waals surface area contributed by atoms with Crippen molar-refractivity contribution in [1.29, 1.82) is 0 Å². The maximum atomic E-state index is 12.3. The van der Waals surface area contributed by atoms with E-state index in [1.165, 1.54) is 0 Å². The zero-order valence-electron chi connectivity index (χ0n) is 12.2. The van der Waals surface area contributed by atoms with Crippen molar-refractivity contribution in [2.75, 3.05) is 11.9 Å². The van der Waals surface area contributed by atoms with Gasteiger partial charge in [-0.15, -0.1) is 0 Å². The Morgan fingerprint density at radius 3 is 2.76 bits per heavy atom. The number of carbonyl (C=O) groups excluding carboxylic acids is 1. The van der Waals surface area contributed by atoms with Crippen molar-refractivity contribution in [3.8, 4) is 5.75 Å². The molecule has 0 unspecified atom stereocenters. The van der Waals surface area contributed by atoms with Crippen LogP contribution >= 0.6 is 0 Å². The summed E-state index contributed by atoms with van der Waals surface area (Å²) in [6, 6.07) is 12.5. The molecule has 0 aliphatic rings. The lowest BCUT2D eigenvalue weighted by molar-refractivity contribution is 0.102. The molecule has 0 radical (unpaired) electrons. The molecule has 0 aliphatic carbocycles. The lowest BCUT2D eigenvalue weighted by Crippen LogP contribution is -2.12. The lowest BCUT2D eigenvalue weighted by atomic mass is 10.1. The molecular weight excluding hydrogens is 266 g/mol. The molecule has 0 spiro atoms. The van der Waals surface area contributed by atoms with Crippen LogP contribution in [0.1, 0.15) is 28.4 Å². The molecule has 0 saturated carbocycles. The summed E-state index contributed by atoms with van der Waals surface area (Å²) >= 11 is 0. The van der Waals surface area contributed by atoms with Crippen LogP contribution in [-0.2, 0) is 6.61 Å². The van der Waals surface area contributed by atoms with Crippen molar-refractivity contribution in [3.63, 3.8) is 0 Å². The molecule has 2 rings (SSSR count). The number of aliphatic hydroxyl groups is 1. The molecule has 4 heteroatoms. The average molecular weight is 285 g/mol. The molecule has 110 valence electrons. The normalized spacial score (nSPS) is 10.2. The number of aliphatic hydroxyl groups excluding tert-OH is 1. The summed E-state index contributed by atoms with van der Waals surface area (Å²) in [5.74, 6) is 0.514. The predicted octanol–water partition coefficient (Wildman–Crippen LogP) is 3.14. The summed E-state index contributed by atoms with van der Waals surface area (Å²) in [7, 11) is 0. The van der Waals surface area contributed by atoms with Gasteiger partial charge in [0.15, 0.2) is 0 Å². The van der Waals surface area contributed by atoms with Crippen LogP contribution < -0.4 is 10.1 Å². The zero-order chi connectivity index (χ0) is 15.2. The van der Waals surface area contributed by atoms with Gasteiger partial charge in [-0.3, -0.25) is 4.79 Å². The Balaban J connectivity index is 2.18. The maximum absolute atomic E-state index is 12.3. The fraction of sp³-hybridized carbons (Fsp3) is 0.235. The van der Waals surface area contributed by atoms with Crippen LogP contribution in [0.4, 0.5) is 5.69 Å². The Hall–Kier alpha value is -2.33. The van der Waals surface area contributed by atoms with Crippen LogP contribution in [0.15, 0.2) is 42.5 Å². The molecule has 2 aromatic carbocycles. The monoisotopic (exact) mass is 285 g/mol. The average Bonchev–Trinajstić information content (AvgIpc) is 2.50. The first-order valence-corrected chi connectivity index (χ1v) is 6.88. The number of rotatable bonds is 5. The third-order valence-electron chi connectivity index (χ3n) is 3.12. The van der Waals surface area contributed by atoms with E-state index in [4.69, 9.17) is 9.84 Å². The number of carbonyl (C=O) groups is 1. The van der Waals surface area contributed by atoms with Crippen LogP contribution in [0.2, 0.25) is 0 Å². The molecule has 2 aromatic rings. The van der Waals surface area contributed by atoms with Gasteiger partial charge in [-0.05, 0) is 49.2 Å². The Kier molecular flexibility index (Phi) is 4.95. The van der Waals surface area contributed by atoms with Crippen LogP contribution in [0.25, 0.3) is 0 Å². The first-order valence-electron chi connectivity index (χ1n) is 6.88. The second-order valence-corrected chi connectivity index (χ2v) is 4.73. The molecule has 0 aliphatic heterocycles. The van der Waals surface area contributed by atoms with Crippen LogP contribution in [0.3, 0.4) is 0 Å². The Morgan fingerprint density at radius 1 is 1.24 bits per heavy atom. The standard InChI is InChI=1S/C17H19NO3/c1-3-21-16-10-14(8-7-12(16)2)17(20)18-15-6-4-5-13(9-15)11-19/h4-10,19H,3,11H2,1-2H3,(H,18,20). The van der Waals surface area contributed by atoms with Gasteiger partial charge >= 0.3 is 0 Å². The predicted molar refractivity (Wildman–Crippen MR) is 82.7 cm³/mol. The molecule has 4 nitrogen and oxygen atoms in total. The first kappa shape index (κ1) is 15.1. The third kappa shape index (κ3) is 3.83. The number of ether oxygens (including phenoxy) is 1. The highest BCUT2D eigenvalue weighted by Gasteiger charge is 2.09. The van der Waals surface area contributed by atoms with E-state index >= 15 is 0 Å². The topological polar surface area (TPSA) is 58.6 Å². The highest BCUT2D eigenvalue weighted by atomic mass is 16.5. The van der Waals surface area contributed by atoms with Gasteiger partial charge in [-0.2, -0.15) is 0 Å². The van der Waals surface area contributed by atoms with Crippen LogP contribution in [0, 0.1) is 6.92 Å². The number of hydrogen-bond donors (Lipinski definition) is 2. The minimum Gasteiger partial charge on any atom is -0.494 e. The molecule has 0 heterocycles. The molecule has 0 fully saturated rings. The second kappa shape index (κ2) is 6.90. The first-order chi connectivity index (χ1) is 10.1. The quantitative estimate of drug-likeness (QED) is 0.887. The largest absolute Gasteiger partial charge is 0.494 e. The van der Waals surface area contributed by atoms with Crippen LogP contribution in [-0.4, -0.2) is 17.6 Å². The van der Waals surface area contributed by atoms with E-state index in [1.807, 2.05) is 19.9 Å². The minimum absolute atomic E-state index is 0.0528. The summed E-state index contributed by atoms with van der Waals surface area (Å²) in [5, 5.41) is 11.9. The smallest absolute Gasteiger partial charge is 0.255 e. The fourth-order valence-corrected chi connectivity index (χ4v) is 2.00. The van der Waals surface area contributed by atoms with E-state index in [2.05, 4.69) is 5.32 Å². The van der Waals surface area contributed by atoms with Crippen molar-refractivity contribution in [3.05, 3.63) is 59.2 Å². The Bertz CT molecular complexity index is 638. The summed E-state index contributed by atoms with van der Waals surface area (Å²) < 4.78 is 5.50. The molecule has 0 aromatic heterocycles. The van der Waals surface area contributed by atoms with Crippen molar-refractivity contribution in [2.45, 2.75) is 20.5 Å². The van der Waals surface area contributed by atoms with E-state index < -0.39 is 0 Å². The van der Waals surface area contributed by atoms with Crippen molar-refractivity contribution >= 4 is 11.6 Å². The highest BCUT2D eigenvalue weighted by molar-refractivity contribution is 6.04. The van der Waals surface area contributed by atoms with Gasteiger partial charge in [0.1, 0.15) is 5.75 Å². The number of amides is 1. The zero-order valence-corrected chi connectivity index (χ0v) is 12.2. The minimum atomic E-state index is -0.203. The summed E-state index contributed by atoms with van der Waals surface area (Å²) in [6.07, 6.45) is 0. The van der Waals surface area contributed by atoms with Gasteiger partial charge in [0.05, 0.1) is 13.2 Å². The fourth-order valence-electron chi connectivity index (χ4n) is 2.00. The maximum Gasteiger partial charge on any atom is 0.255 e. The molecular formula is C17H19NO3. The van der Waals surface area contributed by atoms with E-state index in [-0.39, 0.29) is 12.5 Å².